The molecule has 1 saturated heterocycles. The summed E-state index contributed by atoms with van der Waals surface area (Å²) in [5.74, 6) is -0.522. The highest BCUT2D eigenvalue weighted by Gasteiger charge is 2.43. The maximum Gasteiger partial charge on any atom is 0.119 e. The number of ether oxygens (including phenoxy) is 1. The van der Waals surface area contributed by atoms with Crippen molar-refractivity contribution in [2.45, 2.75) is 42.5 Å². The van der Waals surface area contributed by atoms with E-state index in [9.17, 15) is 4.39 Å². The van der Waals surface area contributed by atoms with Crippen molar-refractivity contribution in [3.8, 4) is 0 Å². The molecule has 0 radical (unpaired) electrons. The van der Waals surface area contributed by atoms with Gasteiger partial charge in [-0.3, -0.25) is 0 Å². The molecular weight excluding hydrogens is 319 g/mol. The number of aryl methyl sites for hydroxylation is 1. The number of benzene rings is 1. The van der Waals surface area contributed by atoms with Gasteiger partial charge in [-0.1, -0.05) is 46.6 Å². The Bertz CT molecular complexity index is 627. The highest BCUT2D eigenvalue weighted by Crippen LogP contribution is 2.38. The van der Waals surface area contributed by atoms with Gasteiger partial charge >= 0.3 is 0 Å². The van der Waals surface area contributed by atoms with E-state index in [4.69, 9.17) is 15.8 Å². The zero-order valence-electron chi connectivity index (χ0n) is 12.8. The minimum Gasteiger partial charge on any atom is -0.363 e. The normalized spacial score (nSPS) is 30.1. The van der Waals surface area contributed by atoms with Crippen LogP contribution in [0.5, 0.6) is 0 Å². The molecule has 0 N–H and O–H groups in total. The lowest BCUT2D eigenvalue weighted by Crippen LogP contribution is -2.50. The molecule has 1 heterocycles. The predicted octanol–water partition coefficient (Wildman–Crippen LogP) is 4.78. The fourth-order valence-corrected chi connectivity index (χ4v) is 3.50. The number of hydrogen-bond acceptors (Lipinski definition) is 4. The molecule has 1 aliphatic heterocycles. The van der Waals surface area contributed by atoms with Crippen molar-refractivity contribution < 1.29 is 9.13 Å². The predicted molar refractivity (Wildman–Crippen MR) is 86.7 cm³/mol. The Morgan fingerprint density at radius 3 is 2.57 bits per heavy atom. The van der Waals surface area contributed by atoms with Crippen molar-refractivity contribution >= 4 is 11.8 Å². The summed E-state index contributed by atoms with van der Waals surface area (Å²) < 4.78 is 20.5. The molecule has 0 bridgehead atoms. The summed E-state index contributed by atoms with van der Waals surface area (Å²) >= 11 is 1.30. The summed E-state index contributed by atoms with van der Waals surface area (Å²) in [6.45, 7) is 3.68. The monoisotopic (exact) mass is 336 g/mol. The summed E-state index contributed by atoms with van der Waals surface area (Å²) in [5, 5.41) is 7.06. The van der Waals surface area contributed by atoms with Crippen LogP contribution in [0.1, 0.15) is 12.5 Å². The van der Waals surface area contributed by atoms with Gasteiger partial charge in [0.15, 0.2) is 0 Å². The first-order valence-corrected chi connectivity index (χ1v) is 8.02. The first-order valence-electron chi connectivity index (χ1n) is 7.14. The smallest absolute Gasteiger partial charge is 0.119 e. The molecule has 1 aromatic carbocycles. The van der Waals surface area contributed by atoms with E-state index in [2.05, 4.69) is 20.1 Å². The minimum atomic E-state index is -1.36. The van der Waals surface area contributed by atoms with Gasteiger partial charge in [0.1, 0.15) is 17.6 Å². The second-order valence-corrected chi connectivity index (χ2v) is 6.56. The average molecular weight is 336 g/mol. The van der Waals surface area contributed by atoms with E-state index in [0.717, 1.165) is 10.5 Å². The molecular formula is C14H17FN6OS. The van der Waals surface area contributed by atoms with Crippen LogP contribution in [0.2, 0.25) is 0 Å². The van der Waals surface area contributed by atoms with Crippen molar-refractivity contribution in [3.05, 3.63) is 50.7 Å². The van der Waals surface area contributed by atoms with Crippen LogP contribution in [0.15, 0.2) is 39.4 Å². The van der Waals surface area contributed by atoms with E-state index in [1.807, 2.05) is 31.2 Å². The van der Waals surface area contributed by atoms with Crippen LogP contribution in [-0.2, 0) is 4.74 Å². The van der Waals surface area contributed by atoms with Gasteiger partial charge in [0.2, 0.25) is 0 Å². The van der Waals surface area contributed by atoms with Crippen molar-refractivity contribution in [2.24, 2.45) is 16.1 Å². The van der Waals surface area contributed by atoms with Crippen LogP contribution in [-0.4, -0.2) is 30.3 Å². The SMILES string of the molecule is Cc1ccc(S[C@@H]2O[C@H](CN=[N+]=[N-])[C@@H](C)[C@H](F)[C@H]2N=[N+]=[N-])cc1. The molecule has 1 aliphatic rings. The number of hydrogen-bond donors (Lipinski definition) is 0. The van der Waals surface area contributed by atoms with Gasteiger partial charge in [-0.15, -0.1) is 0 Å². The summed E-state index contributed by atoms with van der Waals surface area (Å²) in [7, 11) is 0. The molecule has 0 spiro atoms. The lowest BCUT2D eigenvalue weighted by atomic mass is 9.91. The first kappa shape index (κ1) is 17.4. The van der Waals surface area contributed by atoms with E-state index in [-0.39, 0.29) is 6.54 Å². The van der Waals surface area contributed by atoms with Crippen molar-refractivity contribution in [2.75, 3.05) is 6.54 Å². The van der Waals surface area contributed by atoms with Gasteiger partial charge in [-0.05, 0) is 30.1 Å². The fraction of sp³-hybridized carbons (Fsp3) is 0.571. The molecule has 7 nitrogen and oxygen atoms in total. The van der Waals surface area contributed by atoms with E-state index in [1.54, 1.807) is 6.92 Å². The van der Waals surface area contributed by atoms with Crippen molar-refractivity contribution in [1.29, 1.82) is 0 Å². The second-order valence-electron chi connectivity index (χ2n) is 5.39. The van der Waals surface area contributed by atoms with Gasteiger partial charge in [0, 0.05) is 20.6 Å². The zero-order chi connectivity index (χ0) is 16.8. The Morgan fingerprint density at radius 1 is 1.26 bits per heavy atom. The highest BCUT2D eigenvalue weighted by atomic mass is 32.2. The number of azide groups is 2. The Morgan fingerprint density at radius 2 is 1.96 bits per heavy atom. The number of rotatable bonds is 5. The Hall–Kier alpha value is -1.92. The molecule has 0 unspecified atom stereocenters. The summed E-state index contributed by atoms with van der Waals surface area (Å²) in [4.78, 5) is 6.34. The number of thioether (sulfide) groups is 1. The van der Waals surface area contributed by atoms with Gasteiger partial charge < -0.3 is 4.74 Å². The maximum atomic E-state index is 14.6. The number of halogens is 1. The lowest BCUT2D eigenvalue weighted by Gasteiger charge is -2.40. The Labute approximate surface area is 137 Å². The summed E-state index contributed by atoms with van der Waals surface area (Å²) in [6.07, 6.45) is -1.91. The van der Waals surface area contributed by atoms with E-state index >= 15 is 0 Å². The topological polar surface area (TPSA) is 107 Å². The van der Waals surface area contributed by atoms with Gasteiger partial charge in [0.05, 0.1) is 12.6 Å². The summed E-state index contributed by atoms with van der Waals surface area (Å²) in [5.41, 5.74) is 17.6. The van der Waals surface area contributed by atoms with Crippen molar-refractivity contribution in [1.82, 2.24) is 0 Å². The first-order chi connectivity index (χ1) is 11.1. The zero-order valence-corrected chi connectivity index (χ0v) is 13.6. The molecule has 9 heteroatoms. The lowest BCUT2D eigenvalue weighted by molar-refractivity contribution is -0.0813. The maximum absolute atomic E-state index is 14.6. The third-order valence-electron chi connectivity index (χ3n) is 3.79. The molecule has 0 amide bonds. The molecule has 0 aromatic heterocycles. The molecule has 5 atom stereocenters. The van der Waals surface area contributed by atoms with E-state index in [0.29, 0.717) is 0 Å². The van der Waals surface area contributed by atoms with Crippen LogP contribution < -0.4 is 0 Å². The largest absolute Gasteiger partial charge is 0.363 e. The molecule has 1 fully saturated rings. The minimum absolute atomic E-state index is 0.0477. The third-order valence-corrected chi connectivity index (χ3v) is 4.95. The van der Waals surface area contributed by atoms with Crippen LogP contribution >= 0.6 is 11.8 Å². The molecule has 122 valence electrons. The van der Waals surface area contributed by atoms with E-state index < -0.39 is 29.7 Å². The standard InChI is InChI=1S/C14H17FN6OS/c1-8-3-5-10(6-4-8)23-14-13(19-21-17)12(15)9(2)11(22-14)7-18-20-16/h3-6,9,11-14H,7H2,1-2H3/t9-,11-,12+,13-,14+/m1/s1. The fourth-order valence-electron chi connectivity index (χ4n) is 2.40. The van der Waals surface area contributed by atoms with Gasteiger partial charge in [-0.25, -0.2) is 4.39 Å². The third kappa shape index (κ3) is 4.30. The van der Waals surface area contributed by atoms with Crippen LogP contribution in [0.4, 0.5) is 4.39 Å². The van der Waals surface area contributed by atoms with Gasteiger partial charge in [0.25, 0.3) is 0 Å². The van der Waals surface area contributed by atoms with E-state index in [1.165, 1.54) is 11.8 Å². The summed E-state index contributed by atoms with van der Waals surface area (Å²) in [6, 6.07) is 6.78. The van der Waals surface area contributed by atoms with Crippen LogP contribution in [0, 0.1) is 12.8 Å². The molecule has 23 heavy (non-hydrogen) atoms. The molecule has 0 aliphatic carbocycles. The van der Waals surface area contributed by atoms with Gasteiger partial charge in [-0.2, -0.15) is 0 Å². The molecule has 0 saturated carbocycles. The Kier molecular flexibility index (Phi) is 6.12. The quantitative estimate of drug-likeness (QED) is 0.438. The molecule has 2 rings (SSSR count). The van der Waals surface area contributed by atoms with Crippen LogP contribution in [0.3, 0.4) is 0 Å². The number of alkyl halides is 1. The van der Waals surface area contributed by atoms with Crippen molar-refractivity contribution in [3.63, 3.8) is 0 Å². The van der Waals surface area contributed by atoms with Crippen LogP contribution in [0.25, 0.3) is 20.9 Å². The molecule has 1 aromatic rings. The number of nitrogens with zero attached hydrogens (tertiary/aromatic N) is 6. The highest BCUT2D eigenvalue weighted by molar-refractivity contribution is 7.99. The Balaban J connectivity index is 2.22. The average Bonchev–Trinajstić information content (AvgIpc) is 2.55. The second kappa shape index (κ2) is 8.08.